The van der Waals surface area contributed by atoms with Gasteiger partial charge in [0, 0.05) is 5.56 Å². The molecule has 2 heteroatoms. The molecular formula is C20H20F2. The van der Waals surface area contributed by atoms with Gasteiger partial charge in [-0.25, -0.2) is 8.78 Å². The highest BCUT2D eigenvalue weighted by atomic mass is 19.1. The summed E-state index contributed by atoms with van der Waals surface area (Å²) < 4.78 is 26.5. The van der Waals surface area contributed by atoms with Crippen LogP contribution >= 0.6 is 0 Å². The van der Waals surface area contributed by atoms with Crippen LogP contribution in [0.25, 0.3) is 0 Å². The number of rotatable bonds is 5. The van der Waals surface area contributed by atoms with Crippen LogP contribution in [0.4, 0.5) is 8.78 Å². The SMILES string of the molecule is CCCCCCc1ccc(C#Cc2cc(F)ccc2F)cc1. The summed E-state index contributed by atoms with van der Waals surface area (Å²) in [7, 11) is 0. The zero-order chi connectivity index (χ0) is 15.8. The normalized spacial score (nSPS) is 10.1. The van der Waals surface area contributed by atoms with Crippen molar-refractivity contribution < 1.29 is 8.78 Å². The smallest absolute Gasteiger partial charge is 0.139 e. The third-order valence-corrected chi connectivity index (χ3v) is 3.54. The van der Waals surface area contributed by atoms with Crippen LogP contribution in [0, 0.1) is 23.5 Å². The van der Waals surface area contributed by atoms with Gasteiger partial charge in [0.2, 0.25) is 0 Å². The van der Waals surface area contributed by atoms with Crippen molar-refractivity contribution in [3.8, 4) is 11.8 Å². The molecule has 0 saturated heterocycles. The fourth-order valence-corrected chi connectivity index (χ4v) is 2.24. The molecule has 0 bridgehead atoms. The first-order chi connectivity index (χ1) is 10.7. The Morgan fingerprint density at radius 2 is 1.64 bits per heavy atom. The summed E-state index contributed by atoms with van der Waals surface area (Å²) in [5.74, 6) is 4.58. The topological polar surface area (TPSA) is 0 Å². The van der Waals surface area contributed by atoms with Gasteiger partial charge in [0.25, 0.3) is 0 Å². The van der Waals surface area contributed by atoms with Gasteiger partial charge in [0.05, 0.1) is 5.56 Å². The third-order valence-electron chi connectivity index (χ3n) is 3.54. The van der Waals surface area contributed by atoms with Crippen LogP contribution in [0.1, 0.15) is 49.3 Å². The second-order valence-electron chi connectivity index (χ2n) is 5.38. The average Bonchev–Trinajstić information content (AvgIpc) is 2.53. The maximum absolute atomic E-state index is 13.5. The van der Waals surface area contributed by atoms with Crippen LogP contribution in [0.15, 0.2) is 42.5 Å². The van der Waals surface area contributed by atoms with Crippen LogP contribution in [0.5, 0.6) is 0 Å². The summed E-state index contributed by atoms with van der Waals surface area (Å²) in [5, 5.41) is 0. The highest BCUT2D eigenvalue weighted by Gasteiger charge is 2.00. The molecule has 0 aliphatic heterocycles. The van der Waals surface area contributed by atoms with Crippen molar-refractivity contribution in [3.05, 3.63) is 70.8 Å². The van der Waals surface area contributed by atoms with Gasteiger partial charge in [-0.2, -0.15) is 0 Å². The molecule has 0 nitrogen and oxygen atoms in total. The molecule has 0 heterocycles. The Labute approximate surface area is 131 Å². The molecule has 2 rings (SSSR count). The number of halogens is 2. The molecule has 114 valence electrons. The van der Waals surface area contributed by atoms with Crippen molar-refractivity contribution >= 4 is 0 Å². The number of benzene rings is 2. The number of hydrogen-bond donors (Lipinski definition) is 0. The first kappa shape index (κ1) is 16.2. The van der Waals surface area contributed by atoms with Crippen molar-refractivity contribution in [1.29, 1.82) is 0 Å². The van der Waals surface area contributed by atoms with Crippen LogP contribution in [0.2, 0.25) is 0 Å². The molecule has 2 aromatic carbocycles. The van der Waals surface area contributed by atoms with E-state index in [9.17, 15) is 8.78 Å². The molecule has 0 aliphatic rings. The molecule has 0 fully saturated rings. The molecule has 2 aromatic rings. The molecule has 0 aliphatic carbocycles. The van der Waals surface area contributed by atoms with E-state index in [4.69, 9.17) is 0 Å². The van der Waals surface area contributed by atoms with Gasteiger partial charge in [-0.1, -0.05) is 50.2 Å². The molecule has 0 radical (unpaired) electrons. The zero-order valence-electron chi connectivity index (χ0n) is 12.8. The summed E-state index contributed by atoms with van der Waals surface area (Å²) >= 11 is 0. The van der Waals surface area contributed by atoms with Crippen LogP contribution < -0.4 is 0 Å². The van der Waals surface area contributed by atoms with Gasteiger partial charge in [-0.05, 0) is 48.7 Å². The zero-order valence-corrected chi connectivity index (χ0v) is 12.8. The first-order valence-electron chi connectivity index (χ1n) is 7.75. The Kier molecular flexibility index (Phi) is 6.15. The van der Waals surface area contributed by atoms with Crippen LogP contribution in [-0.2, 0) is 6.42 Å². The van der Waals surface area contributed by atoms with E-state index in [-0.39, 0.29) is 5.56 Å². The molecule has 0 amide bonds. The second-order valence-corrected chi connectivity index (χ2v) is 5.38. The van der Waals surface area contributed by atoms with Crippen molar-refractivity contribution in [2.75, 3.05) is 0 Å². The Balaban J connectivity index is 2.00. The van der Waals surface area contributed by atoms with Gasteiger partial charge in [0.15, 0.2) is 0 Å². The minimum atomic E-state index is -0.499. The third kappa shape index (κ3) is 5.00. The molecule has 0 aromatic heterocycles. The quantitative estimate of drug-likeness (QED) is 0.506. The Hall–Kier alpha value is -2.14. The lowest BCUT2D eigenvalue weighted by molar-refractivity contribution is 0.597. The lowest BCUT2D eigenvalue weighted by Gasteiger charge is -2.01. The largest absolute Gasteiger partial charge is 0.207 e. The summed E-state index contributed by atoms with van der Waals surface area (Å²) in [4.78, 5) is 0. The van der Waals surface area contributed by atoms with Gasteiger partial charge >= 0.3 is 0 Å². The molecule has 22 heavy (non-hydrogen) atoms. The second kappa shape index (κ2) is 8.34. The van der Waals surface area contributed by atoms with E-state index >= 15 is 0 Å². The lowest BCUT2D eigenvalue weighted by Crippen LogP contribution is -1.87. The minimum absolute atomic E-state index is 0.0867. The fourth-order valence-electron chi connectivity index (χ4n) is 2.24. The van der Waals surface area contributed by atoms with Gasteiger partial charge in [-0.15, -0.1) is 0 Å². The van der Waals surface area contributed by atoms with E-state index < -0.39 is 11.6 Å². The van der Waals surface area contributed by atoms with Crippen molar-refractivity contribution in [2.24, 2.45) is 0 Å². The van der Waals surface area contributed by atoms with Crippen molar-refractivity contribution in [2.45, 2.75) is 39.0 Å². The molecule has 0 spiro atoms. The van der Waals surface area contributed by atoms with E-state index in [0.717, 1.165) is 30.2 Å². The van der Waals surface area contributed by atoms with E-state index in [1.54, 1.807) is 0 Å². The average molecular weight is 298 g/mol. The minimum Gasteiger partial charge on any atom is -0.207 e. The standard InChI is InChI=1S/C20H20F2/c1-2-3-4-5-6-16-7-9-17(10-8-16)11-12-18-15-19(21)13-14-20(18)22/h7-10,13-15H,2-6H2,1H3. The molecule has 0 unspecified atom stereocenters. The highest BCUT2D eigenvalue weighted by molar-refractivity contribution is 5.44. The van der Waals surface area contributed by atoms with Gasteiger partial charge in [-0.3, -0.25) is 0 Å². The summed E-state index contributed by atoms with van der Waals surface area (Å²) in [6.07, 6.45) is 6.06. The predicted octanol–water partition coefficient (Wildman–Crippen LogP) is 5.49. The maximum atomic E-state index is 13.5. The Morgan fingerprint density at radius 3 is 2.36 bits per heavy atom. The number of unbranched alkanes of at least 4 members (excludes halogenated alkanes) is 3. The molecule has 0 N–H and O–H groups in total. The van der Waals surface area contributed by atoms with Gasteiger partial charge < -0.3 is 0 Å². The summed E-state index contributed by atoms with van der Waals surface area (Å²) in [6.45, 7) is 2.20. The van der Waals surface area contributed by atoms with E-state index in [0.29, 0.717) is 0 Å². The van der Waals surface area contributed by atoms with E-state index in [2.05, 4.69) is 30.9 Å². The van der Waals surface area contributed by atoms with Crippen LogP contribution in [-0.4, -0.2) is 0 Å². The number of hydrogen-bond acceptors (Lipinski definition) is 0. The molecular weight excluding hydrogens is 278 g/mol. The summed E-state index contributed by atoms with van der Waals surface area (Å²) in [5.41, 5.74) is 2.18. The fraction of sp³-hybridized carbons (Fsp3) is 0.300. The predicted molar refractivity (Wildman–Crippen MR) is 86.6 cm³/mol. The highest BCUT2D eigenvalue weighted by Crippen LogP contribution is 2.11. The molecule has 0 atom stereocenters. The monoisotopic (exact) mass is 298 g/mol. The van der Waals surface area contributed by atoms with Gasteiger partial charge in [0.1, 0.15) is 11.6 Å². The van der Waals surface area contributed by atoms with E-state index in [1.807, 2.05) is 12.1 Å². The molecule has 0 saturated carbocycles. The Morgan fingerprint density at radius 1 is 0.864 bits per heavy atom. The Bertz CT molecular complexity index is 660. The first-order valence-corrected chi connectivity index (χ1v) is 7.75. The van der Waals surface area contributed by atoms with E-state index in [1.165, 1.54) is 31.2 Å². The lowest BCUT2D eigenvalue weighted by atomic mass is 10.0. The van der Waals surface area contributed by atoms with Crippen LogP contribution in [0.3, 0.4) is 0 Å². The van der Waals surface area contributed by atoms with Crippen molar-refractivity contribution in [1.82, 2.24) is 0 Å². The summed E-state index contributed by atoms with van der Waals surface area (Å²) in [6, 6.07) is 11.3. The number of aryl methyl sites for hydroxylation is 1. The van der Waals surface area contributed by atoms with Crippen molar-refractivity contribution in [3.63, 3.8) is 0 Å². The maximum Gasteiger partial charge on any atom is 0.139 e.